The van der Waals surface area contributed by atoms with Gasteiger partial charge in [-0.25, -0.2) is 4.68 Å². The van der Waals surface area contributed by atoms with Crippen molar-refractivity contribution >= 4 is 5.78 Å². The highest BCUT2D eigenvalue weighted by atomic mass is 16.1. The lowest BCUT2D eigenvalue weighted by molar-refractivity contribution is 0.0978. The Kier molecular flexibility index (Phi) is 3.14. The van der Waals surface area contributed by atoms with Crippen LogP contribution >= 0.6 is 0 Å². The first-order chi connectivity index (χ1) is 7.66. The first-order valence-corrected chi connectivity index (χ1v) is 5.47. The van der Waals surface area contributed by atoms with Crippen molar-refractivity contribution in [1.29, 1.82) is 0 Å². The standard InChI is InChI=1S/C11H16N4O/c1-8(2)3-4-11(16)10-7-15(14-13-10)9-5-12-6-9/h7,9,12H,1,3-6H2,2H3. The van der Waals surface area contributed by atoms with Crippen molar-refractivity contribution in [3.05, 3.63) is 24.0 Å². The number of hydrogen-bond acceptors (Lipinski definition) is 4. The molecule has 0 atom stereocenters. The van der Waals surface area contributed by atoms with Gasteiger partial charge in [0.25, 0.3) is 0 Å². The molecule has 16 heavy (non-hydrogen) atoms. The third kappa shape index (κ3) is 2.36. The molecule has 0 saturated carbocycles. The fourth-order valence-corrected chi connectivity index (χ4v) is 1.50. The van der Waals surface area contributed by atoms with Crippen LogP contribution in [0.15, 0.2) is 18.3 Å². The molecule has 0 radical (unpaired) electrons. The molecule has 5 heteroatoms. The molecule has 5 nitrogen and oxygen atoms in total. The van der Waals surface area contributed by atoms with E-state index in [9.17, 15) is 4.79 Å². The van der Waals surface area contributed by atoms with Crippen molar-refractivity contribution in [2.45, 2.75) is 25.8 Å². The fraction of sp³-hybridized carbons (Fsp3) is 0.545. The molecule has 86 valence electrons. The maximum atomic E-state index is 11.7. The number of aromatic nitrogens is 3. The lowest BCUT2D eigenvalue weighted by atomic mass is 10.1. The van der Waals surface area contributed by atoms with Gasteiger partial charge < -0.3 is 5.32 Å². The number of carbonyl (C=O) groups is 1. The van der Waals surface area contributed by atoms with Crippen LogP contribution in [0.2, 0.25) is 0 Å². The Morgan fingerprint density at radius 3 is 2.94 bits per heavy atom. The number of rotatable bonds is 5. The molecule has 1 aromatic rings. The van der Waals surface area contributed by atoms with E-state index in [0.717, 1.165) is 25.1 Å². The largest absolute Gasteiger partial charge is 0.312 e. The van der Waals surface area contributed by atoms with Crippen LogP contribution in [0, 0.1) is 0 Å². The minimum atomic E-state index is 0.0431. The third-order valence-corrected chi connectivity index (χ3v) is 2.71. The van der Waals surface area contributed by atoms with E-state index in [0.29, 0.717) is 18.2 Å². The predicted octanol–water partition coefficient (Wildman–Crippen LogP) is 0.961. The molecule has 1 aliphatic heterocycles. The number of allylic oxidation sites excluding steroid dienone is 1. The number of Topliss-reactive ketones (excluding diaryl/α,β-unsaturated/α-hetero) is 1. The topological polar surface area (TPSA) is 59.8 Å². The zero-order valence-electron chi connectivity index (χ0n) is 9.44. The molecule has 1 aromatic heterocycles. The van der Waals surface area contributed by atoms with E-state index in [2.05, 4.69) is 22.2 Å². The van der Waals surface area contributed by atoms with Gasteiger partial charge in [-0.3, -0.25) is 4.79 Å². The fourth-order valence-electron chi connectivity index (χ4n) is 1.50. The average Bonchev–Trinajstić information content (AvgIpc) is 2.60. The van der Waals surface area contributed by atoms with E-state index in [1.807, 2.05) is 6.92 Å². The van der Waals surface area contributed by atoms with Crippen LogP contribution < -0.4 is 5.32 Å². The number of nitrogens with zero attached hydrogens (tertiary/aromatic N) is 3. The Hall–Kier alpha value is -1.49. The molecule has 1 saturated heterocycles. The number of carbonyl (C=O) groups excluding carboxylic acids is 1. The first-order valence-electron chi connectivity index (χ1n) is 5.47. The van der Waals surface area contributed by atoms with E-state index < -0.39 is 0 Å². The first kappa shape index (κ1) is 11.0. The van der Waals surface area contributed by atoms with Gasteiger partial charge in [0.2, 0.25) is 0 Å². The van der Waals surface area contributed by atoms with Gasteiger partial charge in [-0.2, -0.15) is 0 Å². The Morgan fingerprint density at radius 1 is 1.62 bits per heavy atom. The van der Waals surface area contributed by atoms with Gasteiger partial charge in [0.05, 0.1) is 12.2 Å². The summed E-state index contributed by atoms with van der Waals surface area (Å²) in [5.74, 6) is 0.0431. The average molecular weight is 220 g/mol. The SMILES string of the molecule is C=C(C)CCC(=O)c1cn(C2CNC2)nn1. The summed E-state index contributed by atoms with van der Waals surface area (Å²) in [4.78, 5) is 11.7. The van der Waals surface area contributed by atoms with Crippen LogP contribution in [0.5, 0.6) is 0 Å². The van der Waals surface area contributed by atoms with Gasteiger partial charge in [0.1, 0.15) is 5.69 Å². The molecule has 0 unspecified atom stereocenters. The number of nitrogens with one attached hydrogen (secondary N) is 1. The van der Waals surface area contributed by atoms with Crippen molar-refractivity contribution < 1.29 is 4.79 Å². The van der Waals surface area contributed by atoms with Gasteiger partial charge in [0, 0.05) is 19.5 Å². The van der Waals surface area contributed by atoms with Crippen LogP contribution in [0.1, 0.15) is 36.3 Å². The molecule has 0 aliphatic carbocycles. The molecule has 0 spiro atoms. The summed E-state index contributed by atoms with van der Waals surface area (Å²) < 4.78 is 1.77. The second-order valence-corrected chi connectivity index (χ2v) is 4.28. The Balaban J connectivity index is 1.95. The molecular weight excluding hydrogens is 204 g/mol. The quantitative estimate of drug-likeness (QED) is 0.593. The van der Waals surface area contributed by atoms with E-state index >= 15 is 0 Å². The molecule has 2 heterocycles. The second kappa shape index (κ2) is 4.57. The van der Waals surface area contributed by atoms with Gasteiger partial charge >= 0.3 is 0 Å². The van der Waals surface area contributed by atoms with Crippen LogP contribution in [-0.2, 0) is 0 Å². The highest BCUT2D eigenvalue weighted by molar-refractivity contribution is 5.93. The monoisotopic (exact) mass is 220 g/mol. The highest BCUT2D eigenvalue weighted by Crippen LogP contribution is 2.12. The van der Waals surface area contributed by atoms with Gasteiger partial charge in [0.15, 0.2) is 5.78 Å². The van der Waals surface area contributed by atoms with Gasteiger partial charge in [-0.1, -0.05) is 10.8 Å². The second-order valence-electron chi connectivity index (χ2n) is 4.28. The molecule has 0 bridgehead atoms. The molecule has 2 rings (SSSR count). The number of hydrogen-bond donors (Lipinski definition) is 1. The Morgan fingerprint density at radius 2 is 2.38 bits per heavy atom. The zero-order valence-corrected chi connectivity index (χ0v) is 9.44. The predicted molar refractivity (Wildman–Crippen MR) is 60.3 cm³/mol. The number of ketones is 1. The molecule has 0 amide bonds. The summed E-state index contributed by atoms with van der Waals surface area (Å²) in [5, 5.41) is 11.0. The Bertz CT molecular complexity index is 406. The van der Waals surface area contributed by atoms with E-state index in [-0.39, 0.29) is 5.78 Å². The summed E-state index contributed by atoms with van der Waals surface area (Å²) in [6.45, 7) is 7.51. The highest BCUT2D eigenvalue weighted by Gasteiger charge is 2.21. The van der Waals surface area contributed by atoms with Crippen molar-refractivity contribution in [3.8, 4) is 0 Å². The summed E-state index contributed by atoms with van der Waals surface area (Å²) in [5.41, 5.74) is 1.48. The normalized spacial score (nSPS) is 15.8. The van der Waals surface area contributed by atoms with Crippen molar-refractivity contribution in [3.63, 3.8) is 0 Å². The zero-order chi connectivity index (χ0) is 11.5. The van der Waals surface area contributed by atoms with Crippen LogP contribution in [0.4, 0.5) is 0 Å². The molecular formula is C11H16N4O. The minimum absolute atomic E-state index is 0.0431. The van der Waals surface area contributed by atoms with Gasteiger partial charge in [-0.05, 0) is 13.3 Å². The van der Waals surface area contributed by atoms with Crippen molar-refractivity contribution in [2.24, 2.45) is 0 Å². The molecule has 1 fully saturated rings. The Labute approximate surface area is 94.5 Å². The van der Waals surface area contributed by atoms with Crippen molar-refractivity contribution in [1.82, 2.24) is 20.3 Å². The summed E-state index contributed by atoms with van der Waals surface area (Å²) in [6, 6.07) is 0.357. The minimum Gasteiger partial charge on any atom is -0.312 e. The third-order valence-electron chi connectivity index (χ3n) is 2.71. The smallest absolute Gasteiger partial charge is 0.185 e. The van der Waals surface area contributed by atoms with Crippen molar-refractivity contribution in [2.75, 3.05) is 13.1 Å². The van der Waals surface area contributed by atoms with Gasteiger partial charge in [-0.15, -0.1) is 11.7 Å². The summed E-state index contributed by atoms with van der Waals surface area (Å²) in [6.07, 6.45) is 2.93. The molecule has 1 aliphatic rings. The maximum Gasteiger partial charge on any atom is 0.185 e. The lowest BCUT2D eigenvalue weighted by Crippen LogP contribution is -2.43. The molecule has 1 N–H and O–H groups in total. The summed E-state index contributed by atoms with van der Waals surface area (Å²) >= 11 is 0. The maximum absolute atomic E-state index is 11.7. The summed E-state index contributed by atoms with van der Waals surface area (Å²) in [7, 11) is 0. The van der Waals surface area contributed by atoms with E-state index in [1.165, 1.54) is 0 Å². The molecule has 0 aromatic carbocycles. The van der Waals surface area contributed by atoms with Crippen LogP contribution in [-0.4, -0.2) is 33.9 Å². The van der Waals surface area contributed by atoms with Crippen LogP contribution in [0.25, 0.3) is 0 Å². The van der Waals surface area contributed by atoms with E-state index in [4.69, 9.17) is 0 Å². The lowest BCUT2D eigenvalue weighted by Gasteiger charge is -2.26. The van der Waals surface area contributed by atoms with E-state index in [1.54, 1.807) is 10.9 Å². The van der Waals surface area contributed by atoms with Crippen LogP contribution in [0.3, 0.4) is 0 Å².